The van der Waals surface area contributed by atoms with E-state index in [0.29, 0.717) is 6.10 Å². The standard InChI is InChI=1S/C10H15NOS/c1-8(10-3-2-6-13-10)12-9-4-5-11-7-9/h2-3,6,8-9,11H,4-5,7H2,1H3/t8-,9-/m0/s1. The summed E-state index contributed by atoms with van der Waals surface area (Å²) < 4.78 is 5.90. The van der Waals surface area contributed by atoms with Crippen molar-refractivity contribution in [2.45, 2.75) is 25.6 Å². The number of nitrogens with one attached hydrogen (secondary N) is 1. The lowest BCUT2D eigenvalue weighted by atomic mass is 10.3. The normalized spacial score (nSPS) is 24.8. The molecule has 1 fully saturated rings. The van der Waals surface area contributed by atoms with Crippen LogP contribution in [-0.2, 0) is 4.74 Å². The van der Waals surface area contributed by atoms with Crippen LogP contribution >= 0.6 is 11.3 Å². The summed E-state index contributed by atoms with van der Waals surface area (Å²) >= 11 is 1.77. The Balaban J connectivity index is 1.87. The summed E-state index contributed by atoms with van der Waals surface area (Å²) in [7, 11) is 0. The predicted octanol–water partition coefficient (Wildman–Crippen LogP) is 2.19. The lowest BCUT2D eigenvalue weighted by molar-refractivity contribution is 0.0102. The molecular formula is C10H15NOS. The van der Waals surface area contributed by atoms with E-state index < -0.39 is 0 Å². The van der Waals surface area contributed by atoms with Crippen LogP contribution in [0.1, 0.15) is 24.3 Å². The van der Waals surface area contributed by atoms with Gasteiger partial charge in [0.15, 0.2) is 0 Å². The molecule has 0 spiro atoms. The number of thiophene rings is 1. The van der Waals surface area contributed by atoms with Crippen LogP contribution in [0.3, 0.4) is 0 Å². The summed E-state index contributed by atoms with van der Waals surface area (Å²) in [6, 6.07) is 4.21. The Labute approximate surface area is 82.9 Å². The molecule has 2 atom stereocenters. The third-order valence-electron chi connectivity index (χ3n) is 2.36. The molecule has 72 valence electrons. The number of hydrogen-bond acceptors (Lipinski definition) is 3. The van der Waals surface area contributed by atoms with E-state index >= 15 is 0 Å². The smallest absolute Gasteiger partial charge is 0.0893 e. The van der Waals surface area contributed by atoms with Gasteiger partial charge in [0.05, 0.1) is 12.2 Å². The van der Waals surface area contributed by atoms with E-state index in [4.69, 9.17) is 4.74 Å². The second-order valence-corrected chi connectivity index (χ2v) is 4.39. The molecule has 0 radical (unpaired) electrons. The Bertz CT molecular complexity index is 241. The lowest BCUT2D eigenvalue weighted by Gasteiger charge is -2.16. The molecule has 0 amide bonds. The number of rotatable bonds is 3. The van der Waals surface area contributed by atoms with Gasteiger partial charge in [0.2, 0.25) is 0 Å². The molecule has 1 aromatic rings. The highest BCUT2D eigenvalue weighted by molar-refractivity contribution is 7.10. The van der Waals surface area contributed by atoms with Crippen LogP contribution in [0.15, 0.2) is 17.5 Å². The second-order valence-electron chi connectivity index (χ2n) is 3.41. The maximum Gasteiger partial charge on any atom is 0.0893 e. The maximum atomic E-state index is 5.90. The fourth-order valence-electron chi connectivity index (χ4n) is 1.62. The van der Waals surface area contributed by atoms with E-state index in [2.05, 4.69) is 29.8 Å². The second kappa shape index (κ2) is 4.22. The van der Waals surface area contributed by atoms with Gasteiger partial charge in [-0.05, 0) is 31.3 Å². The first-order valence-corrected chi connectivity index (χ1v) is 5.64. The summed E-state index contributed by atoms with van der Waals surface area (Å²) in [5.41, 5.74) is 0. The van der Waals surface area contributed by atoms with Crippen LogP contribution in [0.2, 0.25) is 0 Å². The van der Waals surface area contributed by atoms with Crippen molar-refractivity contribution < 1.29 is 4.74 Å². The quantitative estimate of drug-likeness (QED) is 0.802. The number of ether oxygens (including phenoxy) is 1. The summed E-state index contributed by atoms with van der Waals surface area (Å²) in [5, 5.41) is 5.40. The van der Waals surface area contributed by atoms with Crippen molar-refractivity contribution in [2.24, 2.45) is 0 Å². The van der Waals surface area contributed by atoms with E-state index in [9.17, 15) is 0 Å². The van der Waals surface area contributed by atoms with Crippen LogP contribution in [-0.4, -0.2) is 19.2 Å². The molecule has 13 heavy (non-hydrogen) atoms. The van der Waals surface area contributed by atoms with Crippen LogP contribution in [0.25, 0.3) is 0 Å². The van der Waals surface area contributed by atoms with Crippen molar-refractivity contribution >= 4 is 11.3 Å². The summed E-state index contributed by atoms with van der Waals surface area (Å²) in [4.78, 5) is 1.33. The minimum atomic E-state index is 0.255. The van der Waals surface area contributed by atoms with E-state index in [1.54, 1.807) is 11.3 Å². The molecule has 0 saturated carbocycles. The zero-order chi connectivity index (χ0) is 9.10. The maximum absolute atomic E-state index is 5.90. The van der Waals surface area contributed by atoms with Gasteiger partial charge in [0.1, 0.15) is 0 Å². The molecule has 0 unspecified atom stereocenters. The van der Waals surface area contributed by atoms with E-state index in [-0.39, 0.29) is 6.10 Å². The first-order valence-electron chi connectivity index (χ1n) is 4.76. The highest BCUT2D eigenvalue weighted by atomic mass is 32.1. The molecule has 1 aliphatic rings. The van der Waals surface area contributed by atoms with E-state index in [1.807, 2.05) is 0 Å². The van der Waals surface area contributed by atoms with Gasteiger partial charge in [-0.1, -0.05) is 6.07 Å². The molecule has 1 aromatic heterocycles. The highest BCUT2D eigenvalue weighted by Crippen LogP contribution is 2.24. The van der Waals surface area contributed by atoms with Crippen molar-refractivity contribution in [3.8, 4) is 0 Å². The Morgan fingerprint density at radius 3 is 3.23 bits per heavy atom. The van der Waals surface area contributed by atoms with Gasteiger partial charge in [-0.15, -0.1) is 11.3 Å². The van der Waals surface area contributed by atoms with Crippen LogP contribution < -0.4 is 5.32 Å². The van der Waals surface area contributed by atoms with Gasteiger partial charge >= 0.3 is 0 Å². The summed E-state index contributed by atoms with van der Waals surface area (Å²) in [5.74, 6) is 0. The molecule has 2 nitrogen and oxygen atoms in total. The summed E-state index contributed by atoms with van der Waals surface area (Å²) in [6.07, 6.45) is 1.82. The fraction of sp³-hybridized carbons (Fsp3) is 0.600. The molecule has 0 aromatic carbocycles. The monoisotopic (exact) mass is 197 g/mol. The molecule has 0 bridgehead atoms. The van der Waals surface area contributed by atoms with Gasteiger partial charge in [0, 0.05) is 11.4 Å². The molecule has 2 rings (SSSR count). The molecule has 1 saturated heterocycles. The van der Waals surface area contributed by atoms with Crippen molar-refractivity contribution in [3.05, 3.63) is 22.4 Å². The van der Waals surface area contributed by atoms with Gasteiger partial charge in [-0.25, -0.2) is 0 Å². The largest absolute Gasteiger partial charge is 0.368 e. The van der Waals surface area contributed by atoms with Crippen molar-refractivity contribution in [1.82, 2.24) is 5.32 Å². The first-order chi connectivity index (χ1) is 6.36. The summed E-state index contributed by atoms with van der Waals surface area (Å²) in [6.45, 7) is 4.24. The predicted molar refractivity (Wildman–Crippen MR) is 55.1 cm³/mol. The van der Waals surface area contributed by atoms with E-state index in [1.165, 1.54) is 4.88 Å². The minimum absolute atomic E-state index is 0.255. The minimum Gasteiger partial charge on any atom is -0.368 e. The molecule has 3 heteroatoms. The third kappa shape index (κ3) is 2.30. The van der Waals surface area contributed by atoms with Crippen molar-refractivity contribution in [2.75, 3.05) is 13.1 Å². The Hall–Kier alpha value is -0.380. The zero-order valence-electron chi connectivity index (χ0n) is 7.82. The van der Waals surface area contributed by atoms with Crippen molar-refractivity contribution in [1.29, 1.82) is 0 Å². The Morgan fingerprint density at radius 2 is 2.62 bits per heavy atom. The zero-order valence-corrected chi connectivity index (χ0v) is 8.64. The van der Waals surface area contributed by atoms with Gasteiger partial charge in [-0.3, -0.25) is 0 Å². The lowest BCUT2D eigenvalue weighted by Crippen LogP contribution is -2.18. The molecule has 1 N–H and O–H groups in total. The number of hydrogen-bond donors (Lipinski definition) is 1. The Kier molecular flexibility index (Phi) is 2.98. The molecule has 1 aliphatic heterocycles. The topological polar surface area (TPSA) is 21.3 Å². The van der Waals surface area contributed by atoms with Crippen LogP contribution in [0.4, 0.5) is 0 Å². The Morgan fingerprint density at radius 1 is 1.69 bits per heavy atom. The van der Waals surface area contributed by atoms with E-state index in [0.717, 1.165) is 19.5 Å². The first kappa shape index (κ1) is 9.19. The highest BCUT2D eigenvalue weighted by Gasteiger charge is 2.18. The van der Waals surface area contributed by atoms with Crippen LogP contribution in [0.5, 0.6) is 0 Å². The van der Waals surface area contributed by atoms with Gasteiger partial charge < -0.3 is 10.1 Å². The molecule has 2 heterocycles. The average Bonchev–Trinajstić information content (AvgIpc) is 2.74. The fourth-order valence-corrected chi connectivity index (χ4v) is 2.34. The van der Waals surface area contributed by atoms with Gasteiger partial charge in [-0.2, -0.15) is 0 Å². The SMILES string of the molecule is C[C@H](O[C@H]1CCNC1)c1cccs1. The third-order valence-corrected chi connectivity index (χ3v) is 3.39. The van der Waals surface area contributed by atoms with Crippen molar-refractivity contribution in [3.63, 3.8) is 0 Å². The molecule has 0 aliphatic carbocycles. The van der Waals surface area contributed by atoms with Crippen LogP contribution in [0, 0.1) is 0 Å². The van der Waals surface area contributed by atoms with Gasteiger partial charge in [0.25, 0.3) is 0 Å². The molecular weight excluding hydrogens is 182 g/mol. The average molecular weight is 197 g/mol.